The van der Waals surface area contributed by atoms with E-state index in [1.807, 2.05) is 43.8 Å². The number of rotatable bonds is 5. The lowest BCUT2D eigenvalue weighted by molar-refractivity contribution is 0.318. The number of aromatic nitrogens is 2. The molecular weight excluding hydrogens is 224 g/mol. The van der Waals surface area contributed by atoms with E-state index in [0.717, 1.165) is 18.9 Å². The van der Waals surface area contributed by atoms with Crippen LogP contribution in [0.2, 0.25) is 0 Å². The van der Waals surface area contributed by atoms with Crippen LogP contribution in [0.3, 0.4) is 0 Å². The van der Waals surface area contributed by atoms with Crippen LogP contribution < -0.4 is 5.32 Å². The molecule has 0 unspecified atom stereocenters. The van der Waals surface area contributed by atoms with Crippen molar-refractivity contribution in [3.8, 4) is 0 Å². The van der Waals surface area contributed by atoms with Crippen LogP contribution in [0.5, 0.6) is 0 Å². The van der Waals surface area contributed by atoms with E-state index in [1.165, 1.54) is 11.1 Å². The van der Waals surface area contributed by atoms with Gasteiger partial charge in [0.15, 0.2) is 0 Å². The zero-order valence-electron chi connectivity index (χ0n) is 10.8. The molecule has 0 aromatic carbocycles. The van der Waals surface area contributed by atoms with Crippen LogP contribution in [-0.2, 0) is 13.1 Å². The third-order valence-electron chi connectivity index (χ3n) is 2.74. The summed E-state index contributed by atoms with van der Waals surface area (Å²) in [6, 6.07) is 8.18. The van der Waals surface area contributed by atoms with Crippen LogP contribution in [0.15, 0.2) is 42.9 Å². The Kier molecular flexibility index (Phi) is 4.25. The monoisotopic (exact) mass is 242 g/mol. The Morgan fingerprint density at radius 3 is 2.39 bits per heavy atom. The number of hydrogen-bond donors (Lipinski definition) is 1. The van der Waals surface area contributed by atoms with Crippen LogP contribution in [-0.4, -0.2) is 29.0 Å². The smallest absolute Gasteiger partial charge is 0.125 e. The first-order chi connectivity index (χ1) is 8.78. The molecule has 18 heavy (non-hydrogen) atoms. The molecule has 0 aliphatic rings. The van der Waals surface area contributed by atoms with E-state index in [1.54, 1.807) is 0 Å². The first-order valence-electron chi connectivity index (χ1n) is 5.98. The molecule has 0 spiro atoms. The number of anilines is 1. The number of nitrogens with one attached hydrogen (secondary N) is 1. The molecule has 0 aliphatic carbocycles. The molecular formula is C14H18N4. The summed E-state index contributed by atoms with van der Waals surface area (Å²) >= 11 is 0. The SMILES string of the molecule is CNc1ccc(CN(C)Cc2ccncc2)cn1. The van der Waals surface area contributed by atoms with Gasteiger partial charge in [-0.2, -0.15) is 0 Å². The molecule has 1 N–H and O–H groups in total. The van der Waals surface area contributed by atoms with Gasteiger partial charge in [0.05, 0.1) is 0 Å². The first kappa shape index (κ1) is 12.5. The maximum absolute atomic E-state index is 4.31. The predicted octanol–water partition coefficient (Wildman–Crippen LogP) is 2.15. The summed E-state index contributed by atoms with van der Waals surface area (Å²) in [5, 5.41) is 3.02. The van der Waals surface area contributed by atoms with Crippen molar-refractivity contribution in [2.24, 2.45) is 0 Å². The fourth-order valence-corrected chi connectivity index (χ4v) is 1.83. The van der Waals surface area contributed by atoms with Crippen molar-refractivity contribution in [1.82, 2.24) is 14.9 Å². The molecule has 2 aromatic heterocycles. The van der Waals surface area contributed by atoms with Gasteiger partial charge in [-0.1, -0.05) is 6.07 Å². The molecule has 0 saturated heterocycles. The third kappa shape index (κ3) is 3.53. The predicted molar refractivity (Wildman–Crippen MR) is 73.2 cm³/mol. The maximum atomic E-state index is 4.31. The van der Waals surface area contributed by atoms with Crippen molar-refractivity contribution in [1.29, 1.82) is 0 Å². The van der Waals surface area contributed by atoms with Gasteiger partial charge in [-0.05, 0) is 36.4 Å². The minimum atomic E-state index is 0.888. The van der Waals surface area contributed by atoms with Crippen LogP contribution in [0.1, 0.15) is 11.1 Å². The van der Waals surface area contributed by atoms with Crippen molar-refractivity contribution >= 4 is 5.82 Å². The largest absolute Gasteiger partial charge is 0.373 e. The molecule has 0 bridgehead atoms. The Bertz CT molecular complexity index is 467. The zero-order chi connectivity index (χ0) is 12.8. The quantitative estimate of drug-likeness (QED) is 0.872. The molecule has 4 heteroatoms. The molecule has 4 nitrogen and oxygen atoms in total. The second-order valence-corrected chi connectivity index (χ2v) is 4.33. The Hall–Kier alpha value is -1.94. The number of pyridine rings is 2. The molecule has 0 fully saturated rings. The molecule has 0 amide bonds. The topological polar surface area (TPSA) is 41.0 Å². The van der Waals surface area contributed by atoms with Crippen molar-refractivity contribution < 1.29 is 0 Å². The molecule has 0 radical (unpaired) electrons. The lowest BCUT2D eigenvalue weighted by Gasteiger charge is -2.16. The van der Waals surface area contributed by atoms with Gasteiger partial charge in [-0.15, -0.1) is 0 Å². The average Bonchev–Trinajstić information content (AvgIpc) is 2.40. The van der Waals surface area contributed by atoms with Crippen molar-refractivity contribution in [3.63, 3.8) is 0 Å². The summed E-state index contributed by atoms with van der Waals surface area (Å²) in [4.78, 5) is 10.6. The average molecular weight is 242 g/mol. The normalized spacial score (nSPS) is 10.6. The zero-order valence-corrected chi connectivity index (χ0v) is 10.8. The number of hydrogen-bond acceptors (Lipinski definition) is 4. The van der Waals surface area contributed by atoms with Gasteiger partial charge in [-0.3, -0.25) is 9.88 Å². The Morgan fingerprint density at radius 1 is 1.06 bits per heavy atom. The summed E-state index contributed by atoms with van der Waals surface area (Å²) in [7, 11) is 3.98. The molecule has 0 aliphatic heterocycles. The van der Waals surface area contributed by atoms with Crippen LogP contribution in [0.25, 0.3) is 0 Å². The third-order valence-corrected chi connectivity index (χ3v) is 2.74. The fourth-order valence-electron chi connectivity index (χ4n) is 1.83. The van der Waals surface area contributed by atoms with Gasteiger partial charge in [0.2, 0.25) is 0 Å². The van der Waals surface area contributed by atoms with Crippen molar-refractivity contribution in [2.45, 2.75) is 13.1 Å². The Labute approximate surface area is 108 Å². The van der Waals surface area contributed by atoms with Gasteiger partial charge in [0.25, 0.3) is 0 Å². The highest BCUT2D eigenvalue weighted by molar-refractivity contribution is 5.34. The maximum Gasteiger partial charge on any atom is 0.125 e. The van der Waals surface area contributed by atoms with Gasteiger partial charge in [-0.25, -0.2) is 4.98 Å². The lowest BCUT2D eigenvalue weighted by Crippen LogP contribution is -2.17. The number of nitrogens with zero attached hydrogens (tertiary/aromatic N) is 3. The Morgan fingerprint density at radius 2 is 1.78 bits per heavy atom. The van der Waals surface area contributed by atoms with E-state index in [0.29, 0.717) is 0 Å². The van der Waals surface area contributed by atoms with E-state index in [2.05, 4.69) is 33.3 Å². The summed E-state index contributed by atoms with van der Waals surface area (Å²) in [5.41, 5.74) is 2.48. The summed E-state index contributed by atoms with van der Waals surface area (Å²) in [5.74, 6) is 0.899. The van der Waals surface area contributed by atoms with Gasteiger partial charge in [0.1, 0.15) is 5.82 Å². The Balaban J connectivity index is 1.92. The highest BCUT2D eigenvalue weighted by Crippen LogP contribution is 2.08. The van der Waals surface area contributed by atoms with Crippen LogP contribution >= 0.6 is 0 Å². The van der Waals surface area contributed by atoms with Gasteiger partial charge < -0.3 is 5.32 Å². The van der Waals surface area contributed by atoms with Gasteiger partial charge in [0, 0.05) is 38.7 Å². The first-order valence-corrected chi connectivity index (χ1v) is 5.98. The molecule has 0 atom stereocenters. The highest BCUT2D eigenvalue weighted by Gasteiger charge is 2.02. The lowest BCUT2D eigenvalue weighted by atomic mass is 10.2. The van der Waals surface area contributed by atoms with E-state index < -0.39 is 0 Å². The van der Waals surface area contributed by atoms with E-state index >= 15 is 0 Å². The van der Waals surface area contributed by atoms with Crippen molar-refractivity contribution in [2.75, 3.05) is 19.4 Å². The summed E-state index contributed by atoms with van der Waals surface area (Å²) < 4.78 is 0. The summed E-state index contributed by atoms with van der Waals surface area (Å²) in [6.45, 7) is 1.80. The summed E-state index contributed by atoms with van der Waals surface area (Å²) in [6.07, 6.45) is 5.56. The molecule has 2 heterocycles. The van der Waals surface area contributed by atoms with E-state index in [4.69, 9.17) is 0 Å². The molecule has 2 rings (SSSR count). The highest BCUT2D eigenvalue weighted by atomic mass is 15.1. The van der Waals surface area contributed by atoms with Crippen LogP contribution in [0.4, 0.5) is 5.82 Å². The standard InChI is InChI=1S/C14H18N4/c1-15-14-4-3-13(9-17-14)11-18(2)10-12-5-7-16-8-6-12/h3-9H,10-11H2,1-2H3,(H,15,17). The molecule has 0 saturated carbocycles. The fraction of sp³-hybridized carbons (Fsp3) is 0.286. The minimum Gasteiger partial charge on any atom is -0.373 e. The molecule has 2 aromatic rings. The second-order valence-electron chi connectivity index (χ2n) is 4.33. The van der Waals surface area contributed by atoms with Crippen LogP contribution in [0, 0.1) is 0 Å². The van der Waals surface area contributed by atoms with Crippen molar-refractivity contribution in [3.05, 3.63) is 54.0 Å². The van der Waals surface area contributed by atoms with E-state index in [9.17, 15) is 0 Å². The van der Waals surface area contributed by atoms with E-state index in [-0.39, 0.29) is 0 Å². The second kappa shape index (κ2) is 6.12. The molecule has 94 valence electrons. The minimum absolute atomic E-state index is 0.888. The van der Waals surface area contributed by atoms with Gasteiger partial charge >= 0.3 is 0 Å².